The number of hydrogen-bond donors (Lipinski definition) is 0. The molecule has 0 unspecified atom stereocenters. The SMILES string of the molecule is c1ccc([C@H]2c3ccccc3CC[C@H]2c2ccccc2)cc1. The smallest absolute Gasteiger partial charge is 0.0161 e. The Kier molecular flexibility index (Phi) is 3.52. The zero-order valence-corrected chi connectivity index (χ0v) is 12.7. The molecule has 3 aromatic carbocycles. The molecule has 0 saturated heterocycles. The molecule has 2 atom stereocenters. The Hall–Kier alpha value is -2.34. The summed E-state index contributed by atoms with van der Waals surface area (Å²) >= 11 is 0. The van der Waals surface area contributed by atoms with Crippen molar-refractivity contribution in [3.63, 3.8) is 0 Å². The zero-order chi connectivity index (χ0) is 14.8. The van der Waals surface area contributed by atoms with E-state index in [1.165, 1.54) is 35.1 Å². The van der Waals surface area contributed by atoms with E-state index in [4.69, 9.17) is 0 Å². The van der Waals surface area contributed by atoms with E-state index in [1.54, 1.807) is 0 Å². The molecule has 0 radical (unpaired) electrons. The third-order valence-electron chi connectivity index (χ3n) is 4.90. The minimum Gasteiger partial charge on any atom is -0.0622 e. The number of benzene rings is 3. The Morgan fingerprint density at radius 2 is 1.18 bits per heavy atom. The predicted octanol–water partition coefficient (Wildman–Crippen LogP) is 5.55. The van der Waals surface area contributed by atoms with E-state index < -0.39 is 0 Å². The van der Waals surface area contributed by atoms with Gasteiger partial charge < -0.3 is 0 Å². The van der Waals surface area contributed by atoms with Crippen LogP contribution in [0.3, 0.4) is 0 Å². The third kappa shape index (κ3) is 2.35. The van der Waals surface area contributed by atoms with Gasteiger partial charge in [-0.25, -0.2) is 0 Å². The fourth-order valence-electron chi connectivity index (χ4n) is 3.89. The normalized spacial score (nSPS) is 20.4. The van der Waals surface area contributed by atoms with Crippen LogP contribution in [0.15, 0.2) is 84.9 Å². The molecule has 0 heterocycles. The number of fused-ring (bicyclic) bond motifs is 1. The van der Waals surface area contributed by atoms with Crippen LogP contribution < -0.4 is 0 Å². The first kappa shape index (κ1) is 13.3. The second-order valence-corrected chi connectivity index (χ2v) is 6.14. The average Bonchev–Trinajstić information content (AvgIpc) is 2.62. The van der Waals surface area contributed by atoms with Crippen molar-refractivity contribution in [2.24, 2.45) is 0 Å². The van der Waals surface area contributed by atoms with Crippen molar-refractivity contribution >= 4 is 0 Å². The molecular formula is C22H20. The summed E-state index contributed by atoms with van der Waals surface area (Å²) in [5, 5.41) is 0. The molecule has 0 N–H and O–H groups in total. The molecule has 0 saturated carbocycles. The van der Waals surface area contributed by atoms with Crippen LogP contribution in [-0.2, 0) is 6.42 Å². The van der Waals surface area contributed by atoms with Crippen molar-refractivity contribution in [3.05, 3.63) is 107 Å². The molecule has 108 valence electrons. The first-order valence-corrected chi connectivity index (χ1v) is 8.11. The van der Waals surface area contributed by atoms with E-state index in [0.717, 1.165) is 0 Å². The maximum absolute atomic E-state index is 2.32. The molecule has 22 heavy (non-hydrogen) atoms. The summed E-state index contributed by atoms with van der Waals surface area (Å²) in [4.78, 5) is 0. The van der Waals surface area contributed by atoms with Crippen molar-refractivity contribution in [2.75, 3.05) is 0 Å². The van der Waals surface area contributed by atoms with Gasteiger partial charge in [0.25, 0.3) is 0 Å². The molecule has 0 bridgehead atoms. The quantitative estimate of drug-likeness (QED) is 0.579. The van der Waals surface area contributed by atoms with Crippen molar-refractivity contribution in [1.82, 2.24) is 0 Å². The van der Waals surface area contributed by atoms with Gasteiger partial charge in [-0.05, 0) is 41.0 Å². The molecule has 0 heteroatoms. The Balaban J connectivity index is 1.86. The van der Waals surface area contributed by atoms with Gasteiger partial charge in [-0.3, -0.25) is 0 Å². The fraction of sp³-hybridized carbons (Fsp3) is 0.182. The van der Waals surface area contributed by atoms with E-state index in [1.807, 2.05) is 0 Å². The van der Waals surface area contributed by atoms with Crippen LogP contribution in [0, 0.1) is 0 Å². The third-order valence-corrected chi connectivity index (χ3v) is 4.90. The molecule has 1 aliphatic carbocycles. The Labute approximate surface area is 132 Å². The van der Waals surface area contributed by atoms with Gasteiger partial charge in [-0.15, -0.1) is 0 Å². The highest BCUT2D eigenvalue weighted by Gasteiger charge is 2.31. The number of rotatable bonds is 2. The lowest BCUT2D eigenvalue weighted by molar-refractivity contribution is 0.524. The zero-order valence-electron chi connectivity index (χ0n) is 12.7. The summed E-state index contributed by atoms with van der Waals surface area (Å²) in [5.74, 6) is 1.03. The largest absolute Gasteiger partial charge is 0.0622 e. The maximum Gasteiger partial charge on any atom is 0.0161 e. The Morgan fingerprint density at radius 1 is 0.591 bits per heavy atom. The van der Waals surface area contributed by atoms with Crippen LogP contribution in [0.1, 0.15) is 40.5 Å². The van der Waals surface area contributed by atoms with Gasteiger partial charge in [0.05, 0.1) is 0 Å². The lowest BCUT2D eigenvalue weighted by Crippen LogP contribution is -2.20. The number of hydrogen-bond acceptors (Lipinski definition) is 0. The molecule has 0 aromatic heterocycles. The first-order chi connectivity index (χ1) is 10.9. The molecule has 0 fully saturated rings. The van der Waals surface area contributed by atoms with Gasteiger partial charge in [0.1, 0.15) is 0 Å². The molecule has 0 spiro atoms. The molecule has 0 aliphatic heterocycles. The van der Waals surface area contributed by atoms with Crippen LogP contribution in [0.5, 0.6) is 0 Å². The van der Waals surface area contributed by atoms with Crippen LogP contribution in [-0.4, -0.2) is 0 Å². The van der Waals surface area contributed by atoms with Crippen LogP contribution in [0.4, 0.5) is 0 Å². The van der Waals surface area contributed by atoms with E-state index in [2.05, 4.69) is 84.9 Å². The lowest BCUT2D eigenvalue weighted by Gasteiger charge is -2.34. The van der Waals surface area contributed by atoms with E-state index >= 15 is 0 Å². The Bertz CT molecular complexity index is 743. The monoisotopic (exact) mass is 284 g/mol. The number of aryl methyl sites for hydroxylation is 1. The molecule has 0 nitrogen and oxygen atoms in total. The van der Waals surface area contributed by atoms with E-state index in [9.17, 15) is 0 Å². The van der Waals surface area contributed by atoms with E-state index in [0.29, 0.717) is 11.8 Å². The van der Waals surface area contributed by atoms with Gasteiger partial charge in [0.15, 0.2) is 0 Å². The summed E-state index contributed by atoms with van der Waals surface area (Å²) in [6.45, 7) is 0. The van der Waals surface area contributed by atoms with Crippen LogP contribution in [0.2, 0.25) is 0 Å². The van der Waals surface area contributed by atoms with Crippen molar-refractivity contribution < 1.29 is 0 Å². The second kappa shape index (κ2) is 5.81. The summed E-state index contributed by atoms with van der Waals surface area (Å²) < 4.78 is 0. The highest BCUT2D eigenvalue weighted by molar-refractivity contribution is 5.44. The summed E-state index contributed by atoms with van der Waals surface area (Å²) in [6, 6.07) is 31.0. The van der Waals surface area contributed by atoms with Gasteiger partial charge in [0, 0.05) is 5.92 Å². The molecular weight excluding hydrogens is 264 g/mol. The molecule has 3 aromatic rings. The standard InChI is InChI=1S/C22H20/c1-3-9-17(10-4-1)21-16-15-18-11-7-8-14-20(18)22(21)19-12-5-2-6-13-19/h1-14,21-22H,15-16H2/t21-,22-/m0/s1. The lowest BCUT2D eigenvalue weighted by atomic mass is 9.69. The van der Waals surface area contributed by atoms with Crippen LogP contribution >= 0.6 is 0 Å². The van der Waals surface area contributed by atoms with Crippen molar-refractivity contribution in [3.8, 4) is 0 Å². The van der Waals surface area contributed by atoms with Gasteiger partial charge in [-0.2, -0.15) is 0 Å². The van der Waals surface area contributed by atoms with E-state index in [-0.39, 0.29) is 0 Å². The first-order valence-electron chi connectivity index (χ1n) is 8.11. The van der Waals surface area contributed by atoms with Gasteiger partial charge >= 0.3 is 0 Å². The second-order valence-electron chi connectivity index (χ2n) is 6.14. The minimum atomic E-state index is 0.466. The highest BCUT2D eigenvalue weighted by atomic mass is 14.3. The highest BCUT2D eigenvalue weighted by Crippen LogP contribution is 2.45. The van der Waals surface area contributed by atoms with Crippen LogP contribution in [0.25, 0.3) is 0 Å². The Morgan fingerprint density at radius 3 is 1.91 bits per heavy atom. The topological polar surface area (TPSA) is 0 Å². The van der Waals surface area contributed by atoms with Gasteiger partial charge in [-0.1, -0.05) is 84.9 Å². The molecule has 1 aliphatic rings. The summed E-state index contributed by atoms with van der Waals surface area (Å²) in [6.07, 6.45) is 2.40. The summed E-state index contributed by atoms with van der Waals surface area (Å²) in [5.41, 5.74) is 5.92. The average molecular weight is 284 g/mol. The summed E-state index contributed by atoms with van der Waals surface area (Å²) in [7, 11) is 0. The fourth-order valence-corrected chi connectivity index (χ4v) is 3.89. The predicted molar refractivity (Wildman–Crippen MR) is 92.2 cm³/mol. The minimum absolute atomic E-state index is 0.466. The van der Waals surface area contributed by atoms with Crippen molar-refractivity contribution in [1.29, 1.82) is 0 Å². The van der Waals surface area contributed by atoms with Gasteiger partial charge in [0.2, 0.25) is 0 Å². The molecule has 0 amide bonds. The maximum atomic E-state index is 2.32. The van der Waals surface area contributed by atoms with Crippen molar-refractivity contribution in [2.45, 2.75) is 24.7 Å². The molecule has 4 rings (SSSR count).